The molecule has 0 spiro atoms. The number of rotatable bonds is 4. The number of carbonyl (C=O) groups excluding carboxylic acids is 2. The maximum atomic E-state index is 13.1. The molecule has 0 radical (unpaired) electrons. The molecule has 2 aliphatic rings. The first kappa shape index (κ1) is 20.9. The van der Waals surface area contributed by atoms with E-state index in [9.17, 15) is 14.0 Å². The second-order valence-corrected chi connectivity index (χ2v) is 9.58. The highest BCUT2D eigenvalue weighted by atomic mass is 79.9. The number of aromatic nitrogens is 1. The first-order valence-corrected chi connectivity index (χ1v) is 11.5. The van der Waals surface area contributed by atoms with Gasteiger partial charge in [-0.2, -0.15) is 0 Å². The average molecular weight is 526 g/mol. The third kappa shape index (κ3) is 4.01. The van der Waals surface area contributed by atoms with Crippen LogP contribution in [0.3, 0.4) is 0 Å². The van der Waals surface area contributed by atoms with Gasteiger partial charge in [-0.25, -0.2) is 4.39 Å². The molecule has 29 heavy (non-hydrogen) atoms. The highest BCUT2D eigenvalue weighted by Gasteiger charge is 2.35. The molecule has 1 aromatic carbocycles. The van der Waals surface area contributed by atoms with Crippen LogP contribution in [0.25, 0.3) is 0 Å². The molecule has 1 fully saturated rings. The number of piperidine rings is 1. The number of hydrogen-bond donors (Lipinski definition) is 0. The second-order valence-electron chi connectivity index (χ2n) is 8.03. The Morgan fingerprint density at radius 3 is 2.45 bits per heavy atom. The molecule has 0 bridgehead atoms. The number of ketones is 2. The number of hydrogen-bond acceptors (Lipinski definition) is 3. The Hall–Kier alpha value is -1.31. The van der Waals surface area contributed by atoms with Crippen LogP contribution in [0, 0.1) is 17.7 Å². The van der Waals surface area contributed by atoms with Crippen molar-refractivity contribution in [2.24, 2.45) is 18.9 Å². The Bertz CT molecular complexity index is 947. The number of Topliss-reactive ketones (excluding diaryl/α,β-unsaturated/α-hetero) is 2. The van der Waals surface area contributed by atoms with Crippen LogP contribution < -0.4 is 0 Å². The monoisotopic (exact) mass is 524 g/mol. The Labute approximate surface area is 186 Å². The van der Waals surface area contributed by atoms with Crippen molar-refractivity contribution in [3.05, 3.63) is 56.0 Å². The summed E-state index contributed by atoms with van der Waals surface area (Å²) in [7, 11) is 1.98. The molecule has 4 rings (SSSR count). The van der Waals surface area contributed by atoms with Gasteiger partial charge in [-0.3, -0.25) is 9.59 Å². The van der Waals surface area contributed by atoms with Crippen molar-refractivity contribution in [2.75, 3.05) is 19.6 Å². The van der Waals surface area contributed by atoms with Gasteiger partial charge in [0.25, 0.3) is 0 Å². The summed E-state index contributed by atoms with van der Waals surface area (Å²) in [6, 6.07) is 5.81. The SMILES string of the molecule is Cn1c(Br)c(Br)c2c1CCC(CN1CCC(C(=O)c3ccc(F)cc3)CC1)C2=O. The van der Waals surface area contributed by atoms with Gasteiger partial charge in [0, 0.05) is 36.7 Å². The zero-order valence-corrected chi connectivity index (χ0v) is 19.4. The maximum absolute atomic E-state index is 13.1. The quantitative estimate of drug-likeness (QED) is 0.526. The lowest BCUT2D eigenvalue weighted by atomic mass is 9.84. The van der Waals surface area contributed by atoms with Crippen LogP contribution in [0.1, 0.15) is 45.7 Å². The number of fused-ring (bicyclic) bond motifs is 1. The van der Waals surface area contributed by atoms with Crippen LogP contribution in [0.4, 0.5) is 4.39 Å². The van der Waals surface area contributed by atoms with Crippen molar-refractivity contribution in [2.45, 2.75) is 25.7 Å². The predicted octanol–water partition coefficient (Wildman–Crippen LogP) is 5.03. The molecule has 2 aromatic rings. The van der Waals surface area contributed by atoms with E-state index in [0.717, 1.165) is 65.7 Å². The minimum atomic E-state index is -0.325. The summed E-state index contributed by atoms with van der Waals surface area (Å²) in [5.41, 5.74) is 2.49. The number of halogens is 3. The molecule has 154 valence electrons. The molecule has 1 aliphatic carbocycles. The fraction of sp³-hybridized carbons (Fsp3) is 0.455. The molecule has 4 nitrogen and oxygen atoms in total. The van der Waals surface area contributed by atoms with Crippen LogP contribution in [-0.4, -0.2) is 40.7 Å². The molecule has 0 amide bonds. The Balaban J connectivity index is 1.36. The van der Waals surface area contributed by atoms with Crippen LogP contribution in [0.5, 0.6) is 0 Å². The van der Waals surface area contributed by atoms with Crippen molar-refractivity contribution < 1.29 is 14.0 Å². The number of carbonyl (C=O) groups is 2. The number of nitrogens with zero attached hydrogens (tertiary/aromatic N) is 2. The third-order valence-corrected chi connectivity index (χ3v) is 8.53. The highest BCUT2D eigenvalue weighted by molar-refractivity contribution is 9.13. The lowest BCUT2D eigenvalue weighted by Crippen LogP contribution is -2.41. The standard InChI is InChI=1S/C22H23Br2FN2O2/c1-26-17-7-4-15(21(29)18(17)19(23)22(26)24)12-27-10-8-14(9-11-27)20(28)13-2-5-16(25)6-3-13/h2-3,5-6,14-15H,4,7-12H2,1H3. The summed E-state index contributed by atoms with van der Waals surface area (Å²) < 4.78 is 16.9. The molecule has 1 unspecified atom stereocenters. The maximum Gasteiger partial charge on any atom is 0.170 e. The lowest BCUT2D eigenvalue weighted by Gasteiger charge is -2.34. The fourth-order valence-electron chi connectivity index (χ4n) is 4.57. The largest absolute Gasteiger partial charge is 0.341 e. The van der Waals surface area contributed by atoms with E-state index in [4.69, 9.17) is 0 Å². The summed E-state index contributed by atoms with van der Waals surface area (Å²) in [6.45, 7) is 2.37. The summed E-state index contributed by atoms with van der Waals surface area (Å²) in [5.74, 6) is -0.0409. The molecule has 1 aliphatic heterocycles. The predicted molar refractivity (Wildman–Crippen MR) is 117 cm³/mol. The van der Waals surface area contributed by atoms with Gasteiger partial charge < -0.3 is 9.47 Å². The summed E-state index contributed by atoms with van der Waals surface area (Å²) >= 11 is 7.12. The minimum absolute atomic E-state index is 0.00236. The van der Waals surface area contributed by atoms with Gasteiger partial charge in [-0.15, -0.1) is 0 Å². The van der Waals surface area contributed by atoms with Crippen molar-refractivity contribution in [1.82, 2.24) is 9.47 Å². The van der Waals surface area contributed by atoms with Gasteiger partial charge in [0.05, 0.1) is 14.6 Å². The molecule has 2 heterocycles. The van der Waals surface area contributed by atoms with E-state index in [0.29, 0.717) is 5.56 Å². The van der Waals surface area contributed by atoms with E-state index < -0.39 is 0 Å². The van der Waals surface area contributed by atoms with Gasteiger partial charge >= 0.3 is 0 Å². The fourth-order valence-corrected chi connectivity index (χ4v) is 5.67. The Kier molecular flexibility index (Phi) is 6.09. The number of likely N-dealkylation sites (tertiary alicyclic amines) is 1. The molecule has 1 saturated heterocycles. The van der Waals surface area contributed by atoms with Crippen LogP contribution in [-0.2, 0) is 13.5 Å². The first-order chi connectivity index (χ1) is 13.9. The topological polar surface area (TPSA) is 42.3 Å². The molecule has 0 saturated carbocycles. The zero-order chi connectivity index (χ0) is 20.7. The second kappa shape index (κ2) is 8.44. The smallest absolute Gasteiger partial charge is 0.170 e. The van der Waals surface area contributed by atoms with E-state index in [1.54, 1.807) is 12.1 Å². The summed E-state index contributed by atoms with van der Waals surface area (Å²) in [5, 5.41) is 0. The van der Waals surface area contributed by atoms with Crippen molar-refractivity contribution in [3.63, 3.8) is 0 Å². The van der Waals surface area contributed by atoms with E-state index in [2.05, 4.69) is 36.8 Å². The van der Waals surface area contributed by atoms with Crippen molar-refractivity contribution in [3.8, 4) is 0 Å². The summed E-state index contributed by atoms with van der Waals surface area (Å²) in [6.07, 6.45) is 3.31. The average Bonchev–Trinajstić information content (AvgIpc) is 2.95. The van der Waals surface area contributed by atoms with Crippen molar-refractivity contribution in [1.29, 1.82) is 0 Å². The lowest BCUT2D eigenvalue weighted by molar-refractivity contribution is 0.0760. The molecule has 1 atom stereocenters. The van der Waals surface area contributed by atoms with Crippen LogP contribution in [0.2, 0.25) is 0 Å². The van der Waals surface area contributed by atoms with Gasteiger partial charge in [-0.1, -0.05) is 0 Å². The minimum Gasteiger partial charge on any atom is -0.341 e. The van der Waals surface area contributed by atoms with E-state index in [-0.39, 0.29) is 29.2 Å². The van der Waals surface area contributed by atoms with E-state index in [1.165, 1.54) is 12.1 Å². The third-order valence-electron chi connectivity index (χ3n) is 6.30. The van der Waals surface area contributed by atoms with Crippen LogP contribution in [0.15, 0.2) is 33.3 Å². The Morgan fingerprint density at radius 1 is 1.14 bits per heavy atom. The number of benzene rings is 1. The molecule has 1 aromatic heterocycles. The molecular formula is C22H23Br2FN2O2. The molecular weight excluding hydrogens is 503 g/mol. The normalized spacial score (nSPS) is 20.7. The Morgan fingerprint density at radius 2 is 1.79 bits per heavy atom. The van der Waals surface area contributed by atoms with Gasteiger partial charge in [0.1, 0.15) is 5.82 Å². The first-order valence-electron chi connectivity index (χ1n) is 9.95. The van der Waals surface area contributed by atoms with E-state index >= 15 is 0 Å². The summed E-state index contributed by atoms with van der Waals surface area (Å²) in [4.78, 5) is 28.1. The van der Waals surface area contributed by atoms with E-state index in [1.807, 2.05) is 11.6 Å². The van der Waals surface area contributed by atoms with Gasteiger partial charge in [0.15, 0.2) is 11.6 Å². The highest BCUT2D eigenvalue weighted by Crippen LogP contribution is 2.38. The van der Waals surface area contributed by atoms with Gasteiger partial charge in [-0.05, 0) is 94.9 Å². The van der Waals surface area contributed by atoms with Crippen LogP contribution >= 0.6 is 31.9 Å². The molecule has 0 N–H and O–H groups in total. The van der Waals surface area contributed by atoms with Crippen molar-refractivity contribution >= 4 is 43.4 Å². The molecule has 7 heteroatoms. The zero-order valence-electron chi connectivity index (χ0n) is 16.3. The van der Waals surface area contributed by atoms with Gasteiger partial charge in [0.2, 0.25) is 0 Å².